The molecule has 0 saturated carbocycles. The molecule has 1 saturated heterocycles. The number of nitrogens with zero attached hydrogens (tertiary/aromatic N) is 2. The lowest BCUT2D eigenvalue weighted by Gasteiger charge is -2.35. The fraction of sp³-hybridized carbons (Fsp3) is 0.261. The second kappa shape index (κ2) is 8.90. The molecule has 2 heterocycles. The van der Waals surface area contributed by atoms with Crippen LogP contribution in [0.2, 0.25) is 0 Å². The quantitative estimate of drug-likeness (QED) is 0.616. The first-order chi connectivity index (χ1) is 14.7. The van der Waals surface area contributed by atoms with E-state index in [1.807, 2.05) is 35.2 Å². The summed E-state index contributed by atoms with van der Waals surface area (Å²) >= 11 is 0. The van der Waals surface area contributed by atoms with Crippen molar-refractivity contribution in [2.45, 2.75) is 6.61 Å². The second-order valence-corrected chi connectivity index (χ2v) is 6.94. The molecular weight excluding hydrogens is 387 g/mol. The number of rotatable bonds is 6. The molecule has 6 nitrogen and oxygen atoms in total. The van der Waals surface area contributed by atoms with Crippen LogP contribution in [0.5, 0.6) is 11.5 Å². The van der Waals surface area contributed by atoms with Gasteiger partial charge < -0.3 is 23.7 Å². The number of halogens is 1. The van der Waals surface area contributed by atoms with Crippen molar-refractivity contribution in [2.24, 2.45) is 0 Å². The van der Waals surface area contributed by atoms with Gasteiger partial charge in [0.2, 0.25) is 0 Å². The summed E-state index contributed by atoms with van der Waals surface area (Å²) in [5.74, 6) is 1.64. The third-order valence-electron chi connectivity index (χ3n) is 5.07. The Kier molecular flexibility index (Phi) is 5.88. The Labute approximate surface area is 174 Å². The van der Waals surface area contributed by atoms with Gasteiger partial charge in [-0.2, -0.15) is 0 Å². The molecule has 0 unspecified atom stereocenters. The van der Waals surface area contributed by atoms with Crippen molar-refractivity contribution in [3.8, 4) is 11.5 Å². The summed E-state index contributed by atoms with van der Waals surface area (Å²) < 4.78 is 30.7. The number of piperazine rings is 1. The molecule has 1 aliphatic rings. The summed E-state index contributed by atoms with van der Waals surface area (Å²) in [5, 5.41) is 0. The maximum absolute atomic E-state index is 14.0. The van der Waals surface area contributed by atoms with Gasteiger partial charge in [-0.1, -0.05) is 24.3 Å². The minimum atomic E-state index is -0.247. The molecule has 156 valence electrons. The SMILES string of the molecule is COc1ccccc1OCc1ccc(C(=O)N2CCN(c3ccccc3F)CC2)o1. The van der Waals surface area contributed by atoms with E-state index in [-0.39, 0.29) is 24.1 Å². The van der Waals surface area contributed by atoms with Crippen molar-refractivity contribution in [1.29, 1.82) is 0 Å². The predicted molar refractivity (Wildman–Crippen MR) is 111 cm³/mol. The Morgan fingerprint density at radius 2 is 1.67 bits per heavy atom. The lowest BCUT2D eigenvalue weighted by Crippen LogP contribution is -2.49. The molecule has 4 rings (SSSR count). The van der Waals surface area contributed by atoms with Crippen LogP contribution in [0.4, 0.5) is 10.1 Å². The molecule has 0 radical (unpaired) electrons. The summed E-state index contributed by atoms with van der Waals surface area (Å²) in [6.07, 6.45) is 0. The fourth-order valence-electron chi connectivity index (χ4n) is 3.47. The van der Waals surface area contributed by atoms with Crippen LogP contribution >= 0.6 is 0 Å². The molecular formula is C23H23FN2O4. The van der Waals surface area contributed by atoms with Gasteiger partial charge in [-0.3, -0.25) is 4.79 Å². The van der Waals surface area contributed by atoms with Gasteiger partial charge in [0.1, 0.15) is 18.2 Å². The first kappa shape index (κ1) is 19.8. The van der Waals surface area contributed by atoms with E-state index in [1.54, 1.807) is 36.3 Å². The first-order valence-electron chi connectivity index (χ1n) is 9.79. The zero-order chi connectivity index (χ0) is 20.9. The Morgan fingerprint density at radius 3 is 2.40 bits per heavy atom. The van der Waals surface area contributed by atoms with Gasteiger partial charge in [0, 0.05) is 26.2 Å². The highest BCUT2D eigenvalue weighted by atomic mass is 19.1. The average Bonchev–Trinajstić information content (AvgIpc) is 3.27. The van der Waals surface area contributed by atoms with Crippen molar-refractivity contribution in [1.82, 2.24) is 4.90 Å². The summed E-state index contributed by atoms with van der Waals surface area (Å²) in [5.41, 5.74) is 0.568. The lowest BCUT2D eigenvalue weighted by molar-refractivity contribution is 0.0710. The standard InChI is InChI=1S/C23H23FN2O4/c1-28-20-8-4-5-9-21(20)29-16-17-10-11-22(30-17)23(27)26-14-12-25(13-15-26)19-7-3-2-6-18(19)24/h2-11H,12-16H2,1H3. The normalized spacial score (nSPS) is 13.9. The molecule has 0 spiro atoms. The maximum Gasteiger partial charge on any atom is 0.289 e. The Bertz CT molecular complexity index is 1010. The van der Waals surface area contributed by atoms with Crippen LogP contribution in [0.3, 0.4) is 0 Å². The minimum Gasteiger partial charge on any atom is -0.493 e. The number of hydrogen-bond acceptors (Lipinski definition) is 5. The second-order valence-electron chi connectivity index (χ2n) is 6.94. The molecule has 1 amide bonds. The van der Waals surface area contributed by atoms with Crippen LogP contribution < -0.4 is 14.4 Å². The highest BCUT2D eigenvalue weighted by Gasteiger charge is 2.25. The average molecular weight is 410 g/mol. The summed E-state index contributed by atoms with van der Waals surface area (Å²) in [6, 6.07) is 17.4. The minimum absolute atomic E-state index is 0.174. The van der Waals surface area contributed by atoms with Gasteiger partial charge in [0.15, 0.2) is 17.3 Å². The van der Waals surface area contributed by atoms with Crippen LogP contribution in [0, 0.1) is 5.82 Å². The molecule has 2 aromatic carbocycles. The van der Waals surface area contributed by atoms with Crippen LogP contribution in [0.1, 0.15) is 16.3 Å². The monoisotopic (exact) mass is 410 g/mol. The maximum atomic E-state index is 14.0. The fourth-order valence-corrected chi connectivity index (χ4v) is 3.47. The van der Waals surface area contributed by atoms with E-state index in [0.29, 0.717) is 49.1 Å². The molecule has 30 heavy (non-hydrogen) atoms. The number of furan rings is 1. The van der Waals surface area contributed by atoms with Crippen molar-refractivity contribution in [2.75, 3.05) is 38.2 Å². The van der Waals surface area contributed by atoms with Crippen molar-refractivity contribution in [3.05, 3.63) is 78.0 Å². The van der Waals surface area contributed by atoms with Crippen molar-refractivity contribution >= 4 is 11.6 Å². The molecule has 1 aromatic heterocycles. The largest absolute Gasteiger partial charge is 0.493 e. The number of para-hydroxylation sites is 3. The van der Waals surface area contributed by atoms with E-state index in [9.17, 15) is 9.18 Å². The molecule has 0 N–H and O–H groups in total. The molecule has 3 aromatic rings. The number of anilines is 1. The van der Waals surface area contributed by atoms with E-state index >= 15 is 0 Å². The molecule has 0 aliphatic carbocycles. The van der Waals surface area contributed by atoms with Crippen LogP contribution in [0.25, 0.3) is 0 Å². The summed E-state index contributed by atoms with van der Waals surface area (Å²) in [7, 11) is 1.58. The molecule has 1 fully saturated rings. The number of methoxy groups -OCH3 is 1. The molecule has 0 atom stereocenters. The van der Waals surface area contributed by atoms with Gasteiger partial charge in [0.25, 0.3) is 5.91 Å². The highest BCUT2D eigenvalue weighted by molar-refractivity contribution is 5.91. The predicted octanol–water partition coefficient (Wildman–Crippen LogP) is 3.97. The van der Waals surface area contributed by atoms with Crippen molar-refractivity contribution in [3.63, 3.8) is 0 Å². The van der Waals surface area contributed by atoms with E-state index in [4.69, 9.17) is 13.9 Å². The summed E-state index contributed by atoms with van der Waals surface area (Å²) in [4.78, 5) is 16.5. The topological polar surface area (TPSA) is 55.2 Å². The van der Waals surface area contributed by atoms with Gasteiger partial charge >= 0.3 is 0 Å². The third-order valence-corrected chi connectivity index (χ3v) is 5.07. The lowest BCUT2D eigenvalue weighted by atomic mass is 10.2. The van der Waals surface area contributed by atoms with E-state index in [2.05, 4.69) is 0 Å². The Morgan fingerprint density at radius 1 is 0.967 bits per heavy atom. The first-order valence-corrected chi connectivity index (χ1v) is 9.79. The van der Waals surface area contributed by atoms with E-state index < -0.39 is 0 Å². The van der Waals surface area contributed by atoms with Gasteiger partial charge in [-0.15, -0.1) is 0 Å². The van der Waals surface area contributed by atoms with Gasteiger partial charge in [-0.05, 0) is 36.4 Å². The zero-order valence-corrected chi connectivity index (χ0v) is 16.7. The van der Waals surface area contributed by atoms with Crippen LogP contribution in [0.15, 0.2) is 65.1 Å². The molecule has 7 heteroatoms. The number of hydrogen-bond donors (Lipinski definition) is 0. The Balaban J connectivity index is 1.34. The van der Waals surface area contributed by atoms with Crippen LogP contribution in [-0.2, 0) is 6.61 Å². The number of amides is 1. The van der Waals surface area contributed by atoms with Crippen LogP contribution in [-0.4, -0.2) is 44.1 Å². The number of ether oxygens (including phenoxy) is 2. The van der Waals surface area contributed by atoms with E-state index in [0.717, 1.165) is 0 Å². The molecule has 0 bridgehead atoms. The number of benzene rings is 2. The smallest absolute Gasteiger partial charge is 0.289 e. The Hall–Kier alpha value is -3.48. The zero-order valence-electron chi connectivity index (χ0n) is 16.7. The van der Waals surface area contributed by atoms with E-state index in [1.165, 1.54) is 6.07 Å². The number of carbonyl (C=O) groups excluding carboxylic acids is 1. The van der Waals surface area contributed by atoms with Gasteiger partial charge in [0.05, 0.1) is 12.8 Å². The van der Waals surface area contributed by atoms with Gasteiger partial charge in [-0.25, -0.2) is 4.39 Å². The van der Waals surface area contributed by atoms with Crippen molar-refractivity contribution < 1.29 is 23.1 Å². The molecule has 1 aliphatic heterocycles. The highest BCUT2D eigenvalue weighted by Crippen LogP contribution is 2.27. The summed E-state index contributed by atoms with van der Waals surface area (Å²) in [6.45, 7) is 2.32. The third kappa shape index (κ3) is 4.25. The number of carbonyl (C=O) groups is 1.